The summed E-state index contributed by atoms with van der Waals surface area (Å²) in [7, 11) is 1.37. The van der Waals surface area contributed by atoms with Gasteiger partial charge in [0.25, 0.3) is 11.6 Å². The molecule has 21 heavy (non-hydrogen) atoms. The van der Waals surface area contributed by atoms with Crippen molar-refractivity contribution in [2.75, 3.05) is 12.4 Å². The van der Waals surface area contributed by atoms with Gasteiger partial charge in [0.15, 0.2) is 0 Å². The molecule has 7 heteroatoms. The number of nitrogens with zero attached hydrogens (tertiary/aromatic N) is 2. The van der Waals surface area contributed by atoms with E-state index < -0.39 is 11.7 Å². The molecule has 0 radical (unpaired) electrons. The van der Waals surface area contributed by atoms with E-state index in [1.54, 1.807) is 6.92 Å². The van der Waals surface area contributed by atoms with Crippen molar-refractivity contribution in [3.8, 4) is 6.01 Å². The number of hydrogen-bond acceptors (Lipinski definition) is 4. The van der Waals surface area contributed by atoms with E-state index >= 15 is 0 Å². The predicted octanol–water partition coefficient (Wildman–Crippen LogP) is 1.34. The zero-order valence-electron chi connectivity index (χ0n) is 11.6. The quantitative estimate of drug-likeness (QED) is 0.922. The molecule has 1 N–H and O–H groups in total. The Morgan fingerprint density at radius 3 is 2.67 bits per heavy atom. The molecule has 6 nitrogen and oxygen atoms in total. The summed E-state index contributed by atoms with van der Waals surface area (Å²) in [6.07, 6.45) is 0. The van der Waals surface area contributed by atoms with Gasteiger partial charge in [-0.15, -0.1) is 0 Å². The van der Waals surface area contributed by atoms with Crippen LogP contribution in [0.1, 0.15) is 5.69 Å². The highest BCUT2D eigenvalue weighted by atomic mass is 19.1. The third kappa shape index (κ3) is 3.65. The summed E-state index contributed by atoms with van der Waals surface area (Å²) in [5.74, 6) is -0.832. The Bertz CT molecular complexity index is 710. The molecule has 0 aliphatic carbocycles. The van der Waals surface area contributed by atoms with Crippen molar-refractivity contribution in [2.45, 2.75) is 13.5 Å². The van der Waals surface area contributed by atoms with Crippen LogP contribution in [0.4, 0.5) is 10.1 Å². The third-order valence-corrected chi connectivity index (χ3v) is 2.71. The summed E-state index contributed by atoms with van der Waals surface area (Å²) in [6.45, 7) is 1.42. The molecule has 0 fully saturated rings. The van der Waals surface area contributed by atoms with E-state index in [9.17, 15) is 14.0 Å². The number of ether oxygens (including phenoxy) is 1. The van der Waals surface area contributed by atoms with Gasteiger partial charge >= 0.3 is 0 Å². The minimum atomic E-state index is -0.437. The molecule has 0 saturated carbocycles. The van der Waals surface area contributed by atoms with Gasteiger partial charge < -0.3 is 10.1 Å². The van der Waals surface area contributed by atoms with Crippen LogP contribution in [0.5, 0.6) is 6.01 Å². The fraction of sp³-hybridized carbons (Fsp3) is 0.214. The lowest BCUT2D eigenvalue weighted by Crippen LogP contribution is -2.29. The highest BCUT2D eigenvalue weighted by Gasteiger charge is 2.11. The Labute approximate surface area is 120 Å². The first-order valence-electron chi connectivity index (χ1n) is 6.17. The molecule has 0 bridgehead atoms. The molecule has 2 rings (SSSR count). The van der Waals surface area contributed by atoms with Crippen LogP contribution in [0.3, 0.4) is 0 Å². The number of methoxy groups -OCH3 is 1. The number of carbonyl (C=O) groups is 1. The molecule has 0 atom stereocenters. The topological polar surface area (TPSA) is 73.2 Å². The van der Waals surface area contributed by atoms with Gasteiger partial charge in [-0.2, -0.15) is 0 Å². The van der Waals surface area contributed by atoms with Gasteiger partial charge in [-0.3, -0.25) is 14.2 Å². The molecule has 1 aromatic heterocycles. The van der Waals surface area contributed by atoms with Crippen LogP contribution in [0.2, 0.25) is 0 Å². The minimum Gasteiger partial charge on any atom is -0.468 e. The molecule has 0 unspecified atom stereocenters. The molecule has 1 aromatic carbocycles. The highest BCUT2D eigenvalue weighted by molar-refractivity contribution is 5.90. The monoisotopic (exact) mass is 291 g/mol. The van der Waals surface area contributed by atoms with Crippen molar-refractivity contribution in [3.63, 3.8) is 0 Å². The van der Waals surface area contributed by atoms with Crippen molar-refractivity contribution < 1.29 is 13.9 Å². The number of anilines is 1. The number of amides is 1. The van der Waals surface area contributed by atoms with E-state index in [1.165, 1.54) is 37.4 Å². The summed E-state index contributed by atoms with van der Waals surface area (Å²) in [6, 6.07) is 6.70. The number of benzene rings is 1. The van der Waals surface area contributed by atoms with Gasteiger partial charge in [0.2, 0.25) is 5.91 Å². The van der Waals surface area contributed by atoms with E-state index in [-0.39, 0.29) is 18.1 Å². The molecule has 1 heterocycles. The van der Waals surface area contributed by atoms with Crippen molar-refractivity contribution in [1.82, 2.24) is 9.55 Å². The number of halogens is 1. The molecule has 110 valence electrons. The Morgan fingerprint density at radius 1 is 1.38 bits per heavy atom. The molecular formula is C14H14FN3O3. The fourth-order valence-electron chi connectivity index (χ4n) is 1.77. The van der Waals surface area contributed by atoms with Gasteiger partial charge in [0, 0.05) is 17.4 Å². The van der Waals surface area contributed by atoms with Crippen molar-refractivity contribution >= 4 is 11.6 Å². The maximum absolute atomic E-state index is 12.8. The highest BCUT2D eigenvalue weighted by Crippen LogP contribution is 2.09. The first-order chi connectivity index (χ1) is 9.99. The molecule has 0 aliphatic heterocycles. The van der Waals surface area contributed by atoms with Crippen LogP contribution in [-0.2, 0) is 11.3 Å². The summed E-state index contributed by atoms with van der Waals surface area (Å²) in [5.41, 5.74) is 0.564. The van der Waals surface area contributed by atoms with Crippen LogP contribution in [-0.4, -0.2) is 22.6 Å². The van der Waals surface area contributed by atoms with Crippen LogP contribution in [0, 0.1) is 12.7 Å². The van der Waals surface area contributed by atoms with Gasteiger partial charge in [0.05, 0.1) is 7.11 Å². The number of rotatable bonds is 4. The second-order valence-corrected chi connectivity index (χ2v) is 4.36. The molecule has 0 spiro atoms. The maximum atomic E-state index is 12.8. The molecule has 2 aromatic rings. The number of aryl methyl sites for hydroxylation is 1. The van der Waals surface area contributed by atoms with Gasteiger partial charge in [-0.05, 0) is 31.2 Å². The molecule has 0 saturated heterocycles. The van der Waals surface area contributed by atoms with Crippen LogP contribution in [0.25, 0.3) is 0 Å². The van der Waals surface area contributed by atoms with Gasteiger partial charge in [0.1, 0.15) is 12.4 Å². The van der Waals surface area contributed by atoms with Crippen molar-refractivity contribution in [1.29, 1.82) is 0 Å². The summed E-state index contributed by atoms with van der Waals surface area (Å²) in [4.78, 5) is 27.8. The van der Waals surface area contributed by atoms with Crippen molar-refractivity contribution in [2.24, 2.45) is 0 Å². The van der Waals surface area contributed by atoms with Crippen molar-refractivity contribution in [3.05, 3.63) is 52.2 Å². The summed E-state index contributed by atoms with van der Waals surface area (Å²) < 4.78 is 18.9. The molecular weight excluding hydrogens is 277 g/mol. The van der Waals surface area contributed by atoms with E-state index in [0.717, 1.165) is 4.57 Å². The minimum absolute atomic E-state index is 0.0641. The Hall–Kier alpha value is -2.70. The Morgan fingerprint density at radius 2 is 2.05 bits per heavy atom. The van der Waals surface area contributed by atoms with Crippen LogP contribution in [0.15, 0.2) is 35.1 Å². The Kier molecular flexibility index (Phi) is 4.32. The smallest absolute Gasteiger partial charge is 0.299 e. The first-order valence-corrected chi connectivity index (χ1v) is 6.17. The lowest BCUT2D eigenvalue weighted by Gasteiger charge is -2.11. The first kappa shape index (κ1) is 14.7. The second-order valence-electron chi connectivity index (χ2n) is 4.36. The number of hydrogen-bond donors (Lipinski definition) is 1. The number of carbonyl (C=O) groups excluding carboxylic acids is 1. The van der Waals surface area contributed by atoms with Crippen LogP contribution >= 0.6 is 0 Å². The largest absolute Gasteiger partial charge is 0.468 e. The van der Waals surface area contributed by atoms with E-state index in [2.05, 4.69) is 10.3 Å². The SMILES string of the molecule is COc1nc(C)cc(=O)n1CC(=O)Nc1ccc(F)cc1. The maximum Gasteiger partial charge on any atom is 0.299 e. The standard InChI is InChI=1S/C14H14FN3O3/c1-9-7-13(20)18(14(16-9)21-2)8-12(19)17-11-5-3-10(15)4-6-11/h3-7H,8H2,1-2H3,(H,17,19). The van der Waals surface area contributed by atoms with Gasteiger partial charge in [-0.1, -0.05) is 0 Å². The molecule has 1 amide bonds. The summed E-state index contributed by atoms with van der Waals surface area (Å²) >= 11 is 0. The average molecular weight is 291 g/mol. The second kappa shape index (κ2) is 6.17. The van der Waals surface area contributed by atoms with E-state index in [4.69, 9.17) is 4.74 Å². The number of nitrogens with one attached hydrogen (secondary N) is 1. The van der Waals surface area contributed by atoms with Crippen LogP contribution < -0.4 is 15.6 Å². The average Bonchev–Trinajstić information content (AvgIpc) is 2.44. The zero-order valence-corrected chi connectivity index (χ0v) is 11.6. The van der Waals surface area contributed by atoms with E-state index in [0.29, 0.717) is 11.4 Å². The lowest BCUT2D eigenvalue weighted by atomic mass is 10.3. The molecule has 0 aliphatic rings. The van der Waals surface area contributed by atoms with Gasteiger partial charge in [-0.25, -0.2) is 9.37 Å². The lowest BCUT2D eigenvalue weighted by molar-refractivity contribution is -0.116. The number of aromatic nitrogens is 2. The van der Waals surface area contributed by atoms with E-state index in [1.807, 2.05) is 0 Å². The third-order valence-electron chi connectivity index (χ3n) is 2.71. The Balaban J connectivity index is 2.16. The zero-order chi connectivity index (χ0) is 15.4. The predicted molar refractivity (Wildman–Crippen MR) is 74.8 cm³/mol. The summed E-state index contributed by atoms with van der Waals surface area (Å²) in [5, 5.41) is 2.56. The fourth-order valence-corrected chi connectivity index (χ4v) is 1.77. The normalized spacial score (nSPS) is 10.2.